The highest BCUT2D eigenvalue weighted by atomic mass is 19.4. The minimum atomic E-state index is -4.41. The maximum absolute atomic E-state index is 12.4. The predicted octanol–water partition coefficient (Wildman–Crippen LogP) is 2.44. The van der Waals surface area contributed by atoms with Crippen LogP contribution in [0.3, 0.4) is 0 Å². The van der Waals surface area contributed by atoms with Gasteiger partial charge in [-0.25, -0.2) is 4.79 Å². The second-order valence-corrected chi connectivity index (χ2v) is 5.38. The van der Waals surface area contributed by atoms with Crippen LogP contribution in [0.15, 0.2) is 18.2 Å². The van der Waals surface area contributed by atoms with E-state index in [1.807, 2.05) is 13.8 Å². The smallest absolute Gasteiger partial charge is 0.390 e. The summed E-state index contributed by atoms with van der Waals surface area (Å²) in [6.45, 7) is 2.12. The standard InChI is InChI=1S/C15H21F3N2O3/c1-10-3-4-12(7-11(10)2)19-14(23)20(8-13(22)9-21)6-5-15(16,17)18/h3-4,7,13,21-22H,5-6,8-9H2,1-2H3,(H,19,23)/t13-/m0/s1. The number of hydrogen-bond acceptors (Lipinski definition) is 3. The molecular weight excluding hydrogens is 313 g/mol. The Bertz CT molecular complexity index is 535. The van der Waals surface area contributed by atoms with Gasteiger partial charge in [-0.2, -0.15) is 13.2 Å². The van der Waals surface area contributed by atoms with Crippen LogP contribution in [0.4, 0.5) is 23.7 Å². The SMILES string of the molecule is Cc1ccc(NC(=O)N(CCC(F)(F)F)C[C@H](O)CO)cc1C. The average Bonchev–Trinajstić information content (AvgIpc) is 2.45. The van der Waals surface area contributed by atoms with Gasteiger partial charge in [0.1, 0.15) is 0 Å². The number of urea groups is 1. The van der Waals surface area contributed by atoms with Gasteiger partial charge in [-0.05, 0) is 37.1 Å². The third-order valence-corrected chi connectivity index (χ3v) is 3.35. The molecule has 0 aromatic heterocycles. The molecule has 0 radical (unpaired) electrons. The Hall–Kier alpha value is -1.80. The van der Waals surface area contributed by atoms with Crippen LogP contribution in [-0.4, -0.2) is 53.1 Å². The minimum Gasteiger partial charge on any atom is -0.394 e. The number of aliphatic hydroxyl groups excluding tert-OH is 2. The lowest BCUT2D eigenvalue weighted by molar-refractivity contribution is -0.137. The summed E-state index contributed by atoms with van der Waals surface area (Å²) in [7, 11) is 0. The molecule has 1 atom stereocenters. The van der Waals surface area contributed by atoms with Crippen LogP contribution in [0.25, 0.3) is 0 Å². The number of nitrogens with one attached hydrogen (secondary N) is 1. The number of hydrogen-bond donors (Lipinski definition) is 3. The Balaban J connectivity index is 2.78. The largest absolute Gasteiger partial charge is 0.394 e. The van der Waals surface area contributed by atoms with Crippen LogP contribution in [0.2, 0.25) is 0 Å². The van der Waals surface area contributed by atoms with Crippen molar-refractivity contribution in [1.29, 1.82) is 0 Å². The molecule has 0 saturated carbocycles. The number of rotatable bonds is 6. The van der Waals surface area contributed by atoms with E-state index in [4.69, 9.17) is 5.11 Å². The Morgan fingerprint density at radius 2 is 1.96 bits per heavy atom. The molecule has 1 aromatic rings. The Morgan fingerprint density at radius 1 is 1.30 bits per heavy atom. The molecule has 0 spiro atoms. The molecule has 0 fully saturated rings. The van der Waals surface area contributed by atoms with Gasteiger partial charge in [0.25, 0.3) is 0 Å². The first-order valence-electron chi connectivity index (χ1n) is 7.11. The molecule has 1 aromatic carbocycles. The van der Waals surface area contributed by atoms with E-state index >= 15 is 0 Å². The van der Waals surface area contributed by atoms with Gasteiger partial charge in [0, 0.05) is 12.2 Å². The molecule has 5 nitrogen and oxygen atoms in total. The summed E-state index contributed by atoms with van der Waals surface area (Å²) >= 11 is 0. The molecule has 8 heteroatoms. The van der Waals surface area contributed by atoms with Gasteiger partial charge in [0.05, 0.1) is 25.7 Å². The van der Waals surface area contributed by atoms with Crippen molar-refractivity contribution in [2.75, 3.05) is 25.0 Å². The number of benzene rings is 1. The summed E-state index contributed by atoms with van der Waals surface area (Å²) < 4.78 is 37.1. The van der Waals surface area contributed by atoms with Gasteiger partial charge in [-0.3, -0.25) is 0 Å². The normalized spacial score (nSPS) is 12.8. The van der Waals surface area contributed by atoms with E-state index in [9.17, 15) is 23.1 Å². The summed E-state index contributed by atoms with van der Waals surface area (Å²) in [4.78, 5) is 13.0. The number of anilines is 1. The number of amides is 2. The fourth-order valence-electron chi connectivity index (χ4n) is 1.87. The van der Waals surface area contributed by atoms with Crippen molar-refractivity contribution in [2.24, 2.45) is 0 Å². The molecule has 0 bridgehead atoms. The van der Waals surface area contributed by atoms with E-state index < -0.39 is 37.9 Å². The molecule has 23 heavy (non-hydrogen) atoms. The monoisotopic (exact) mass is 334 g/mol. The maximum Gasteiger partial charge on any atom is 0.390 e. The number of nitrogens with zero attached hydrogens (tertiary/aromatic N) is 1. The second kappa shape index (κ2) is 8.16. The van der Waals surface area contributed by atoms with Crippen LogP contribution >= 0.6 is 0 Å². The first-order valence-corrected chi connectivity index (χ1v) is 7.11. The first kappa shape index (κ1) is 19.2. The average molecular weight is 334 g/mol. The van der Waals surface area contributed by atoms with Gasteiger partial charge in [0.15, 0.2) is 0 Å². The lowest BCUT2D eigenvalue weighted by Crippen LogP contribution is -2.43. The first-order chi connectivity index (χ1) is 10.6. The van der Waals surface area contributed by atoms with Gasteiger partial charge in [0.2, 0.25) is 0 Å². The quantitative estimate of drug-likeness (QED) is 0.748. The van der Waals surface area contributed by atoms with Crippen molar-refractivity contribution >= 4 is 11.7 Å². The lowest BCUT2D eigenvalue weighted by atomic mass is 10.1. The molecule has 2 amide bonds. The van der Waals surface area contributed by atoms with Crippen LogP contribution in [0.5, 0.6) is 0 Å². The number of carbonyl (C=O) groups is 1. The van der Waals surface area contributed by atoms with Crippen LogP contribution in [-0.2, 0) is 0 Å². The van der Waals surface area contributed by atoms with E-state index in [0.717, 1.165) is 16.0 Å². The van der Waals surface area contributed by atoms with Crippen LogP contribution in [0, 0.1) is 13.8 Å². The van der Waals surface area contributed by atoms with E-state index in [1.165, 1.54) is 0 Å². The molecule has 1 rings (SSSR count). The molecule has 130 valence electrons. The molecule has 0 aliphatic rings. The number of halogens is 3. The lowest BCUT2D eigenvalue weighted by Gasteiger charge is -2.25. The topological polar surface area (TPSA) is 72.8 Å². The second-order valence-electron chi connectivity index (χ2n) is 5.38. The van der Waals surface area contributed by atoms with Gasteiger partial charge >= 0.3 is 12.2 Å². The third-order valence-electron chi connectivity index (χ3n) is 3.35. The Kier molecular flexibility index (Phi) is 6.83. The number of carbonyl (C=O) groups excluding carboxylic acids is 1. The van der Waals surface area contributed by atoms with Gasteiger partial charge in [-0.15, -0.1) is 0 Å². The maximum atomic E-state index is 12.4. The number of alkyl halides is 3. The highest BCUT2D eigenvalue weighted by Crippen LogP contribution is 2.20. The summed E-state index contributed by atoms with van der Waals surface area (Å²) in [5.41, 5.74) is 2.40. The van der Waals surface area contributed by atoms with E-state index in [0.29, 0.717) is 5.69 Å². The Morgan fingerprint density at radius 3 is 2.48 bits per heavy atom. The predicted molar refractivity (Wildman–Crippen MR) is 80.3 cm³/mol. The van der Waals surface area contributed by atoms with E-state index in [-0.39, 0.29) is 6.54 Å². The van der Waals surface area contributed by atoms with Crippen molar-refractivity contribution in [1.82, 2.24) is 4.90 Å². The molecule has 0 aliphatic carbocycles. The van der Waals surface area contributed by atoms with Crippen molar-refractivity contribution < 1.29 is 28.2 Å². The third kappa shape index (κ3) is 6.87. The van der Waals surface area contributed by atoms with E-state index in [1.54, 1.807) is 18.2 Å². The van der Waals surface area contributed by atoms with Crippen LogP contribution < -0.4 is 5.32 Å². The summed E-state index contributed by atoms with van der Waals surface area (Å²) in [6, 6.07) is 4.38. The molecule has 0 heterocycles. The molecule has 0 aliphatic heterocycles. The fraction of sp³-hybridized carbons (Fsp3) is 0.533. The number of aryl methyl sites for hydroxylation is 2. The van der Waals surface area contributed by atoms with Gasteiger partial charge in [-0.1, -0.05) is 6.07 Å². The summed E-state index contributed by atoms with van der Waals surface area (Å²) in [6.07, 6.45) is -6.90. The summed E-state index contributed by atoms with van der Waals surface area (Å²) in [5.74, 6) is 0. The Labute approximate surface area is 132 Å². The van der Waals surface area contributed by atoms with E-state index in [2.05, 4.69) is 5.32 Å². The molecular formula is C15H21F3N2O3. The van der Waals surface area contributed by atoms with Crippen molar-refractivity contribution in [3.63, 3.8) is 0 Å². The minimum absolute atomic E-state index is 0.386. The summed E-state index contributed by atoms with van der Waals surface area (Å²) in [5, 5.41) is 20.7. The highest BCUT2D eigenvalue weighted by Gasteiger charge is 2.29. The number of aliphatic hydroxyl groups is 2. The van der Waals surface area contributed by atoms with Gasteiger partial charge < -0.3 is 20.4 Å². The van der Waals surface area contributed by atoms with Crippen molar-refractivity contribution in [2.45, 2.75) is 32.5 Å². The zero-order valence-corrected chi connectivity index (χ0v) is 13.0. The highest BCUT2D eigenvalue weighted by molar-refractivity contribution is 5.89. The van der Waals surface area contributed by atoms with Crippen molar-refractivity contribution in [3.8, 4) is 0 Å². The van der Waals surface area contributed by atoms with Crippen molar-refractivity contribution in [3.05, 3.63) is 29.3 Å². The zero-order valence-electron chi connectivity index (χ0n) is 13.0. The molecule has 0 unspecified atom stereocenters. The molecule has 3 N–H and O–H groups in total. The molecule has 0 saturated heterocycles. The zero-order chi connectivity index (χ0) is 17.6. The van der Waals surface area contributed by atoms with Crippen LogP contribution in [0.1, 0.15) is 17.5 Å². The fourth-order valence-corrected chi connectivity index (χ4v) is 1.87.